The van der Waals surface area contributed by atoms with Crippen LogP contribution < -0.4 is 5.32 Å². The summed E-state index contributed by atoms with van der Waals surface area (Å²) in [6, 6.07) is 0.0657. The van der Waals surface area contributed by atoms with Crippen LogP contribution in [-0.4, -0.2) is 47.6 Å². The average Bonchev–Trinajstić information content (AvgIpc) is 2.48. The highest BCUT2D eigenvalue weighted by Gasteiger charge is 2.34. The molecule has 1 saturated heterocycles. The van der Waals surface area contributed by atoms with Crippen molar-refractivity contribution in [2.24, 2.45) is 11.8 Å². The van der Waals surface area contributed by atoms with Gasteiger partial charge < -0.3 is 15.3 Å². The molecular formula is C16H26N2O3. The Morgan fingerprint density at radius 3 is 2.43 bits per heavy atom. The molecule has 2 rings (SSSR count). The predicted molar refractivity (Wildman–Crippen MR) is 80.9 cm³/mol. The second kappa shape index (κ2) is 7.59. The largest absolute Gasteiger partial charge is 0.481 e. The molecule has 0 radical (unpaired) electrons. The zero-order chi connectivity index (χ0) is 15.2. The summed E-state index contributed by atoms with van der Waals surface area (Å²) in [6.07, 6.45) is 8.52. The Balaban J connectivity index is 1.84. The summed E-state index contributed by atoms with van der Waals surface area (Å²) in [5, 5.41) is 12.2. The van der Waals surface area contributed by atoms with Gasteiger partial charge in [-0.25, -0.2) is 0 Å². The van der Waals surface area contributed by atoms with E-state index in [0.717, 1.165) is 19.6 Å². The molecule has 1 aliphatic carbocycles. The van der Waals surface area contributed by atoms with Crippen molar-refractivity contribution in [2.75, 3.05) is 19.6 Å². The second-order valence-corrected chi connectivity index (χ2v) is 6.26. The lowest BCUT2D eigenvalue weighted by molar-refractivity contribution is -0.147. The Labute approximate surface area is 126 Å². The third-order valence-electron chi connectivity index (χ3n) is 4.46. The van der Waals surface area contributed by atoms with Crippen molar-refractivity contribution in [2.45, 2.75) is 45.1 Å². The molecule has 1 aliphatic heterocycles. The third-order valence-corrected chi connectivity index (χ3v) is 4.46. The lowest BCUT2D eigenvalue weighted by atomic mass is 9.82. The first-order chi connectivity index (χ1) is 10.1. The minimum Gasteiger partial charge on any atom is -0.481 e. The number of nitrogens with one attached hydrogen (secondary N) is 1. The van der Waals surface area contributed by atoms with Crippen LogP contribution in [0.25, 0.3) is 0 Å². The van der Waals surface area contributed by atoms with Gasteiger partial charge in [0.15, 0.2) is 0 Å². The molecule has 0 aromatic rings. The molecule has 118 valence electrons. The summed E-state index contributed by atoms with van der Waals surface area (Å²) in [5.74, 6) is -2.01. The first kappa shape index (κ1) is 16.0. The molecule has 0 bridgehead atoms. The maximum absolute atomic E-state index is 12.3. The zero-order valence-corrected chi connectivity index (χ0v) is 12.8. The van der Waals surface area contributed by atoms with E-state index in [0.29, 0.717) is 12.8 Å². The number of hydrogen-bond acceptors (Lipinski definition) is 3. The van der Waals surface area contributed by atoms with Crippen LogP contribution in [0.3, 0.4) is 0 Å². The minimum absolute atomic E-state index is 0.0657. The Morgan fingerprint density at radius 1 is 1.19 bits per heavy atom. The van der Waals surface area contributed by atoms with Crippen molar-refractivity contribution >= 4 is 11.9 Å². The summed E-state index contributed by atoms with van der Waals surface area (Å²) in [7, 11) is 0. The van der Waals surface area contributed by atoms with Crippen LogP contribution in [0.2, 0.25) is 0 Å². The highest BCUT2D eigenvalue weighted by atomic mass is 16.4. The molecule has 0 saturated carbocycles. The summed E-state index contributed by atoms with van der Waals surface area (Å²) in [4.78, 5) is 26.0. The van der Waals surface area contributed by atoms with Gasteiger partial charge in [-0.2, -0.15) is 0 Å². The summed E-state index contributed by atoms with van der Waals surface area (Å²) in [6.45, 7) is 5.06. The number of nitrogens with zero attached hydrogens (tertiary/aromatic N) is 1. The van der Waals surface area contributed by atoms with Crippen molar-refractivity contribution in [1.82, 2.24) is 10.2 Å². The van der Waals surface area contributed by atoms with Gasteiger partial charge in [-0.15, -0.1) is 0 Å². The van der Waals surface area contributed by atoms with Crippen LogP contribution in [0.4, 0.5) is 0 Å². The Hall–Kier alpha value is -1.36. The van der Waals surface area contributed by atoms with Gasteiger partial charge in [0.05, 0.1) is 11.8 Å². The second-order valence-electron chi connectivity index (χ2n) is 6.26. The highest BCUT2D eigenvalue weighted by Crippen LogP contribution is 2.26. The fraction of sp³-hybridized carbons (Fsp3) is 0.750. The lowest BCUT2D eigenvalue weighted by Crippen LogP contribution is -2.47. The Bertz CT molecular complexity index is 402. The van der Waals surface area contributed by atoms with Crippen molar-refractivity contribution in [1.29, 1.82) is 0 Å². The number of aliphatic carboxylic acids is 1. The molecule has 1 unspecified atom stereocenters. The van der Waals surface area contributed by atoms with Gasteiger partial charge in [0.25, 0.3) is 0 Å². The monoisotopic (exact) mass is 294 g/mol. The third kappa shape index (κ3) is 4.56. The molecule has 1 heterocycles. The number of amides is 1. The van der Waals surface area contributed by atoms with Crippen molar-refractivity contribution < 1.29 is 14.7 Å². The molecule has 5 nitrogen and oxygen atoms in total. The Kier molecular flexibility index (Phi) is 5.79. The van der Waals surface area contributed by atoms with Gasteiger partial charge in [0, 0.05) is 12.6 Å². The van der Waals surface area contributed by atoms with Crippen LogP contribution in [0.15, 0.2) is 12.2 Å². The number of carboxylic acids is 1. The van der Waals surface area contributed by atoms with E-state index in [1.54, 1.807) is 0 Å². The zero-order valence-electron chi connectivity index (χ0n) is 12.8. The number of allylic oxidation sites excluding steroid dienone is 2. The van der Waals surface area contributed by atoms with Crippen LogP contribution in [0, 0.1) is 11.8 Å². The molecule has 3 atom stereocenters. The Morgan fingerprint density at radius 2 is 1.81 bits per heavy atom. The summed E-state index contributed by atoms with van der Waals surface area (Å²) >= 11 is 0. The van der Waals surface area contributed by atoms with E-state index < -0.39 is 17.8 Å². The van der Waals surface area contributed by atoms with Crippen LogP contribution in [0.1, 0.15) is 39.0 Å². The first-order valence-corrected chi connectivity index (χ1v) is 7.98. The number of hydrogen-bond donors (Lipinski definition) is 2. The predicted octanol–water partition coefficient (Wildman–Crippen LogP) is 1.64. The van der Waals surface area contributed by atoms with Crippen LogP contribution in [0.5, 0.6) is 0 Å². The van der Waals surface area contributed by atoms with Gasteiger partial charge in [0.2, 0.25) is 5.91 Å². The molecule has 21 heavy (non-hydrogen) atoms. The average molecular weight is 294 g/mol. The number of rotatable bonds is 5. The van der Waals surface area contributed by atoms with E-state index in [1.165, 1.54) is 19.3 Å². The number of likely N-dealkylation sites (tertiary alicyclic amines) is 1. The molecule has 2 N–H and O–H groups in total. The standard InChI is InChI=1S/C16H26N2O3/c1-12(11-18-9-5-2-6-10-18)17-15(19)13-7-3-4-8-14(13)16(20)21/h3-4,12-14H,2,5-11H2,1H3,(H,17,19)(H,20,21)/t12?,13-,14+/m1/s1. The van der Waals surface area contributed by atoms with Crippen molar-refractivity contribution in [3.8, 4) is 0 Å². The smallest absolute Gasteiger partial charge is 0.307 e. The topological polar surface area (TPSA) is 69.6 Å². The number of carbonyl (C=O) groups excluding carboxylic acids is 1. The van der Waals surface area contributed by atoms with Gasteiger partial charge in [-0.3, -0.25) is 9.59 Å². The number of piperidine rings is 1. The molecule has 1 fully saturated rings. The molecule has 1 amide bonds. The van der Waals surface area contributed by atoms with Gasteiger partial charge in [-0.1, -0.05) is 18.6 Å². The SMILES string of the molecule is CC(CN1CCCCC1)NC(=O)[C@@H]1CC=CC[C@@H]1C(=O)O. The lowest BCUT2D eigenvalue weighted by Gasteiger charge is -2.31. The quantitative estimate of drug-likeness (QED) is 0.756. The van der Waals surface area contributed by atoms with E-state index >= 15 is 0 Å². The van der Waals surface area contributed by atoms with Crippen LogP contribution >= 0.6 is 0 Å². The molecule has 0 spiro atoms. The van der Waals surface area contributed by atoms with Gasteiger partial charge in [-0.05, 0) is 45.7 Å². The molecule has 2 aliphatic rings. The summed E-state index contributed by atoms with van der Waals surface area (Å²) in [5.41, 5.74) is 0. The highest BCUT2D eigenvalue weighted by molar-refractivity contribution is 5.85. The maximum atomic E-state index is 12.3. The minimum atomic E-state index is -0.872. The molecular weight excluding hydrogens is 268 g/mol. The van der Waals surface area contributed by atoms with E-state index in [9.17, 15) is 14.7 Å². The maximum Gasteiger partial charge on any atom is 0.307 e. The van der Waals surface area contributed by atoms with Crippen molar-refractivity contribution in [3.05, 3.63) is 12.2 Å². The summed E-state index contributed by atoms with van der Waals surface area (Å²) < 4.78 is 0. The number of carboxylic acid groups (broad SMARTS) is 1. The van der Waals surface area contributed by atoms with E-state index in [4.69, 9.17) is 0 Å². The normalized spacial score (nSPS) is 28.0. The van der Waals surface area contributed by atoms with Gasteiger partial charge in [0.1, 0.15) is 0 Å². The number of carbonyl (C=O) groups is 2. The van der Waals surface area contributed by atoms with Crippen LogP contribution in [-0.2, 0) is 9.59 Å². The van der Waals surface area contributed by atoms with Crippen molar-refractivity contribution in [3.63, 3.8) is 0 Å². The van der Waals surface area contributed by atoms with E-state index in [2.05, 4.69) is 10.2 Å². The molecule has 0 aromatic heterocycles. The first-order valence-electron chi connectivity index (χ1n) is 7.98. The fourth-order valence-electron chi connectivity index (χ4n) is 3.30. The van der Waals surface area contributed by atoms with Gasteiger partial charge >= 0.3 is 5.97 Å². The van der Waals surface area contributed by atoms with E-state index in [-0.39, 0.29) is 11.9 Å². The molecule has 0 aromatic carbocycles. The molecule has 5 heteroatoms. The fourth-order valence-corrected chi connectivity index (χ4v) is 3.30. The van der Waals surface area contributed by atoms with E-state index in [1.807, 2.05) is 19.1 Å².